The molecule has 1 N–H and O–H groups in total. The molecular weight excluding hydrogens is 462 g/mol. The molecule has 190 valence electrons. The molecule has 2 aromatic heterocycles. The van der Waals surface area contributed by atoms with Crippen molar-refractivity contribution in [3.63, 3.8) is 0 Å². The van der Waals surface area contributed by atoms with Gasteiger partial charge in [-0.05, 0) is 23.6 Å². The molecule has 1 aliphatic rings. The Morgan fingerprint density at radius 1 is 1.14 bits per heavy atom. The van der Waals surface area contributed by atoms with Crippen molar-refractivity contribution < 1.29 is 19.1 Å². The number of methoxy groups -OCH3 is 2. The topological polar surface area (TPSA) is 115 Å². The molecule has 0 radical (unpaired) electrons. The van der Waals surface area contributed by atoms with Gasteiger partial charge in [-0.3, -0.25) is 14.3 Å². The van der Waals surface area contributed by atoms with Crippen molar-refractivity contribution in [2.24, 2.45) is 0 Å². The van der Waals surface area contributed by atoms with E-state index in [9.17, 15) is 9.59 Å². The number of hydrogen-bond donors (Lipinski definition) is 1. The average molecular weight is 494 g/mol. The molecule has 2 amide bonds. The number of hydrogen-bond acceptors (Lipinski definition) is 8. The van der Waals surface area contributed by atoms with E-state index in [0.29, 0.717) is 31.4 Å². The fourth-order valence-corrected chi connectivity index (χ4v) is 3.99. The Hall–Kier alpha value is -4.15. The van der Waals surface area contributed by atoms with E-state index in [2.05, 4.69) is 29.1 Å². The molecule has 11 heteroatoms. The van der Waals surface area contributed by atoms with Gasteiger partial charge in [0.25, 0.3) is 0 Å². The summed E-state index contributed by atoms with van der Waals surface area (Å²) < 4.78 is 11.9. The summed E-state index contributed by atoms with van der Waals surface area (Å²) in [5.41, 5.74) is 1.79. The first kappa shape index (κ1) is 25.0. The van der Waals surface area contributed by atoms with Crippen LogP contribution < -0.4 is 15.0 Å². The zero-order chi connectivity index (χ0) is 25.7. The van der Waals surface area contributed by atoms with Crippen LogP contribution in [-0.2, 0) is 16.1 Å². The fraction of sp³-hybridized carbons (Fsp3) is 0.400. The molecule has 1 aromatic carbocycles. The van der Waals surface area contributed by atoms with Crippen LogP contribution in [0.5, 0.6) is 5.75 Å². The van der Waals surface area contributed by atoms with Gasteiger partial charge in [0.15, 0.2) is 0 Å². The van der Waals surface area contributed by atoms with E-state index in [-0.39, 0.29) is 18.4 Å². The van der Waals surface area contributed by atoms with E-state index < -0.39 is 12.1 Å². The van der Waals surface area contributed by atoms with Gasteiger partial charge in [0.2, 0.25) is 11.9 Å². The number of anilines is 1. The minimum absolute atomic E-state index is 0.175. The first-order valence-electron chi connectivity index (χ1n) is 11.8. The second-order valence-electron chi connectivity index (χ2n) is 8.77. The predicted octanol–water partition coefficient (Wildman–Crippen LogP) is 2.37. The van der Waals surface area contributed by atoms with Gasteiger partial charge in [0, 0.05) is 44.6 Å². The van der Waals surface area contributed by atoms with Gasteiger partial charge in [-0.1, -0.05) is 26.0 Å². The number of rotatable bonds is 7. The molecule has 0 saturated carbocycles. The van der Waals surface area contributed by atoms with E-state index in [0.717, 1.165) is 17.0 Å². The molecule has 3 heterocycles. The van der Waals surface area contributed by atoms with Crippen LogP contribution in [0.3, 0.4) is 0 Å². The summed E-state index contributed by atoms with van der Waals surface area (Å²) in [6.07, 6.45) is 4.56. The second kappa shape index (κ2) is 11.1. The third kappa shape index (κ3) is 5.56. The number of carbonyl (C=O) groups excluding carboxylic acids is 2. The van der Waals surface area contributed by atoms with E-state index in [1.807, 2.05) is 35.2 Å². The minimum Gasteiger partial charge on any atom is -0.497 e. The molecule has 0 spiro atoms. The summed E-state index contributed by atoms with van der Waals surface area (Å²) in [7, 11) is 2.92. The van der Waals surface area contributed by atoms with E-state index in [4.69, 9.17) is 14.5 Å². The number of aromatic nitrogens is 4. The molecule has 1 atom stereocenters. The molecule has 11 nitrogen and oxygen atoms in total. The zero-order valence-corrected chi connectivity index (χ0v) is 20.9. The third-order valence-electron chi connectivity index (χ3n) is 6.09. The highest BCUT2D eigenvalue weighted by molar-refractivity contribution is 5.86. The quantitative estimate of drug-likeness (QED) is 0.534. The largest absolute Gasteiger partial charge is 0.497 e. The minimum atomic E-state index is -0.751. The highest BCUT2D eigenvalue weighted by atomic mass is 16.5. The van der Waals surface area contributed by atoms with Gasteiger partial charge in [-0.25, -0.2) is 14.8 Å². The van der Waals surface area contributed by atoms with Crippen molar-refractivity contribution in [1.82, 2.24) is 29.7 Å². The molecule has 1 aliphatic heterocycles. The Kier molecular flexibility index (Phi) is 7.67. The molecular formula is C25H31N7O4. The number of carbonyl (C=O) groups is 2. The van der Waals surface area contributed by atoms with Crippen LogP contribution in [0.25, 0.3) is 5.95 Å². The lowest BCUT2D eigenvalue weighted by Crippen LogP contribution is -2.60. The summed E-state index contributed by atoms with van der Waals surface area (Å²) >= 11 is 0. The summed E-state index contributed by atoms with van der Waals surface area (Å²) in [4.78, 5) is 42.7. The molecule has 1 saturated heterocycles. The molecule has 36 heavy (non-hydrogen) atoms. The SMILES string of the molecule is COC(=O)N1CCN(c2cc(C(C)C)nc(-n3ccnc3)n2)CC1C(=O)NCc1ccc(OC)cc1. The zero-order valence-electron chi connectivity index (χ0n) is 20.9. The van der Waals surface area contributed by atoms with Crippen LogP contribution in [0.1, 0.15) is 31.0 Å². The van der Waals surface area contributed by atoms with Crippen molar-refractivity contribution in [3.8, 4) is 11.7 Å². The van der Waals surface area contributed by atoms with Gasteiger partial charge in [0.05, 0.1) is 19.9 Å². The maximum absolute atomic E-state index is 13.3. The summed E-state index contributed by atoms with van der Waals surface area (Å²) in [5.74, 6) is 1.84. The summed E-state index contributed by atoms with van der Waals surface area (Å²) in [6, 6.07) is 8.63. The molecule has 0 aliphatic carbocycles. The molecule has 1 fully saturated rings. The second-order valence-corrected chi connectivity index (χ2v) is 8.77. The lowest BCUT2D eigenvalue weighted by molar-refractivity contribution is -0.126. The number of ether oxygens (including phenoxy) is 2. The predicted molar refractivity (Wildman–Crippen MR) is 133 cm³/mol. The Morgan fingerprint density at radius 2 is 1.92 bits per heavy atom. The van der Waals surface area contributed by atoms with Crippen molar-refractivity contribution >= 4 is 17.8 Å². The smallest absolute Gasteiger partial charge is 0.410 e. The Bertz CT molecular complexity index is 1180. The van der Waals surface area contributed by atoms with E-state index >= 15 is 0 Å². The Morgan fingerprint density at radius 3 is 2.56 bits per heavy atom. The maximum Gasteiger partial charge on any atom is 0.410 e. The van der Waals surface area contributed by atoms with Crippen molar-refractivity contribution in [3.05, 3.63) is 60.3 Å². The van der Waals surface area contributed by atoms with Gasteiger partial charge >= 0.3 is 6.09 Å². The van der Waals surface area contributed by atoms with Crippen LogP contribution in [0, 0.1) is 0 Å². The summed E-state index contributed by atoms with van der Waals surface area (Å²) in [5, 5.41) is 2.95. The number of benzene rings is 1. The highest BCUT2D eigenvalue weighted by Gasteiger charge is 2.36. The molecule has 1 unspecified atom stereocenters. The van der Waals surface area contributed by atoms with Crippen molar-refractivity contribution in [1.29, 1.82) is 0 Å². The lowest BCUT2D eigenvalue weighted by atomic mass is 10.1. The molecule has 0 bridgehead atoms. The van der Waals surface area contributed by atoms with Gasteiger partial charge in [0.1, 0.15) is 23.9 Å². The third-order valence-corrected chi connectivity index (χ3v) is 6.09. The van der Waals surface area contributed by atoms with Gasteiger partial charge in [-0.15, -0.1) is 0 Å². The lowest BCUT2D eigenvalue weighted by Gasteiger charge is -2.40. The van der Waals surface area contributed by atoms with Gasteiger partial charge < -0.3 is 19.7 Å². The number of imidazole rings is 1. The molecule has 4 rings (SSSR count). The number of nitrogens with zero attached hydrogens (tertiary/aromatic N) is 6. The normalized spacial score (nSPS) is 15.6. The monoisotopic (exact) mass is 493 g/mol. The van der Waals surface area contributed by atoms with Crippen molar-refractivity contribution in [2.75, 3.05) is 38.8 Å². The van der Waals surface area contributed by atoms with Gasteiger partial charge in [-0.2, -0.15) is 4.98 Å². The average Bonchev–Trinajstić information content (AvgIpc) is 3.46. The van der Waals surface area contributed by atoms with E-state index in [1.165, 1.54) is 12.0 Å². The number of piperazine rings is 1. The van der Waals surface area contributed by atoms with Crippen LogP contribution in [0.2, 0.25) is 0 Å². The first-order valence-corrected chi connectivity index (χ1v) is 11.8. The van der Waals surface area contributed by atoms with E-state index in [1.54, 1.807) is 30.4 Å². The standard InChI is InChI=1S/C25H31N7O4/c1-17(2)20-13-22(29-24(28-20)31-10-9-26-16-31)30-11-12-32(25(34)36-4)21(15-30)23(33)27-14-18-5-7-19(35-3)8-6-18/h5-10,13,16-17,21H,11-12,14-15H2,1-4H3,(H,27,33). The fourth-order valence-electron chi connectivity index (χ4n) is 3.99. The van der Waals surface area contributed by atoms with Crippen molar-refractivity contribution in [2.45, 2.75) is 32.4 Å². The number of nitrogens with one attached hydrogen (secondary N) is 1. The van der Waals surface area contributed by atoms with Crippen LogP contribution in [-0.4, -0.2) is 76.3 Å². The molecule has 3 aromatic rings. The maximum atomic E-state index is 13.3. The van der Waals surface area contributed by atoms with Crippen LogP contribution in [0.4, 0.5) is 10.6 Å². The first-order chi connectivity index (χ1) is 17.4. The summed E-state index contributed by atoms with van der Waals surface area (Å²) in [6.45, 7) is 5.53. The number of amides is 2. The van der Waals surface area contributed by atoms with Crippen LogP contribution >= 0.6 is 0 Å². The Balaban J connectivity index is 1.56. The highest BCUT2D eigenvalue weighted by Crippen LogP contribution is 2.23. The van der Waals surface area contributed by atoms with Crippen LogP contribution in [0.15, 0.2) is 49.1 Å². The Labute approximate surface area is 210 Å².